The van der Waals surface area contributed by atoms with E-state index in [-0.39, 0.29) is 10.7 Å². The van der Waals surface area contributed by atoms with Gasteiger partial charge in [-0.05, 0) is 55.7 Å². The summed E-state index contributed by atoms with van der Waals surface area (Å²) < 4.78 is 13.6. The van der Waals surface area contributed by atoms with Crippen molar-refractivity contribution in [2.24, 2.45) is 0 Å². The molecule has 0 unspecified atom stereocenters. The summed E-state index contributed by atoms with van der Waals surface area (Å²) in [6, 6.07) is 13.7. The Morgan fingerprint density at radius 1 is 1.04 bits per heavy atom. The molecular formula is C19H21FN4OS. The molecule has 1 aliphatic heterocycles. The maximum atomic E-state index is 13.6. The summed E-state index contributed by atoms with van der Waals surface area (Å²) >= 11 is 5.15. The number of halogens is 1. The number of amides is 1. The molecule has 0 aliphatic carbocycles. The van der Waals surface area contributed by atoms with Crippen molar-refractivity contribution in [3.8, 4) is 0 Å². The van der Waals surface area contributed by atoms with Crippen molar-refractivity contribution in [1.29, 1.82) is 0 Å². The molecule has 0 spiro atoms. The van der Waals surface area contributed by atoms with Crippen molar-refractivity contribution in [3.05, 3.63) is 59.9 Å². The van der Waals surface area contributed by atoms with E-state index in [1.54, 1.807) is 6.07 Å². The Balaban J connectivity index is 1.56. The lowest BCUT2D eigenvalue weighted by Gasteiger charge is -2.34. The third kappa shape index (κ3) is 4.56. The van der Waals surface area contributed by atoms with Gasteiger partial charge in [0.2, 0.25) is 0 Å². The van der Waals surface area contributed by atoms with Crippen LogP contribution in [-0.4, -0.2) is 49.1 Å². The fourth-order valence-electron chi connectivity index (χ4n) is 2.80. The maximum absolute atomic E-state index is 13.6. The lowest BCUT2D eigenvalue weighted by atomic mass is 10.2. The second-order valence-corrected chi connectivity index (χ2v) is 6.63. The number of hydrogen-bond acceptors (Lipinski definition) is 4. The number of rotatable bonds is 3. The largest absolute Gasteiger partial charge is 0.369 e. The quantitative estimate of drug-likeness (QED) is 0.812. The average molecular weight is 372 g/mol. The lowest BCUT2D eigenvalue weighted by molar-refractivity contribution is 0.0974. The standard InChI is InChI=1S/C19H21FN4OS/c1-23-10-12-24(13-11-23)15-8-6-14(7-9-15)21-19(26)22-18(25)16-4-2-3-5-17(16)20/h2-9H,10-13H2,1H3,(H2,21,22,25,26). The lowest BCUT2D eigenvalue weighted by Crippen LogP contribution is -2.44. The van der Waals surface area contributed by atoms with E-state index in [2.05, 4.69) is 27.5 Å². The molecule has 0 aromatic heterocycles. The summed E-state index contributed by atoms with van der Waals surface area (Å²) in [7, 11) is 2.13. The maximum Gasteiger partial charge on any atom is 0.260 e. The number of piperazine rings is 1. The fraction of sp³-hybridized carbons (Fsp3) is 0.263. The van der Waals surface area contributed by atoms with Gasteiger partial charge in [0, 0.05) is 37.6 Å². The molecule has 2 N–H and O–H groups in total. The van der Waals surface area contributed by atoms with Crippen molar-refractivity contribution in [1.82, 2.24) is 10.2 Å². The zero-order valence-electron chi connectivity index (χ0n) is 14.5. The first-order valence-corrected chi connectivity index (χ1v) is 8.84. The van der Waals surface area contributed by atoms with Gasteiger partial charge < -0.3 is 15.1 Å². The van der Waals surface area contributed by atoms with Crippen LogP contribution in [0.15, 0.2) is 48.5 Å². The number of carbonyl (C=O) groups is 1. The van der Waals surface area contributed by atoms with E-state index in [1.165, 1.54) is 18.2 Å². The predicted octanol–water partition coefficient (Wildman–Crippen LogP) is 2.70. The van der Waals surface area contributed by atoms with E-state index in [1.807, 2.05) is 24.3 Å². The summed E-state index contributed by atoms with van der Waals surface area (Å²) in [6.45, 7) is 4.10. The second kappa shape index (κ2) is 8.25. The van der Waals surface area contributed by atoms with Crippen molar-refractivity contribution in [2.45, 2.75) is 0 Å². The smallest absolute Gasteiger partial charge is 0.260 e. The molecule has 2 aromatic carbocycles. The van der Waals surface area contributed by atoms with Crippen LogP contribution in [0.1, 0.15) is 10.4 Å². The molecule has 5 nitrogen and oxygen atoms in total. The first-order chi connectivity index (χ1) is 12.5. The third-order valence-electron chi connectivity index (χ3n) is 4.34. The Morgan fingerprint density at radius 2 is 1.69 bits per heavy atom. The predicted molar refractivity (Wildman–Crippen MR) is 106 cm³/mol. The summed E-state index contributed by atoms with van der Waals surface area (Å²) in [6.07, 6.45) is 0. The van der Waals surface area contributed by atoms with Gasteiger partial charge in [0.1, 0.15) is 5.82 Å². The molecule has 136 valence electrons. The van der Waals surface area contributed by atoms with Gasteiger partial charge in [0.25, 0.3) is 5.91 Å². The Labute approximate surface area is 157 Å². The topological polar surface area (TPSA) is 47.6 Å². The highest BCUT2D eigenvalue weighted by Crippen LogP contribution is 2.19. The summed E-state index contributed by atoms with van der Waals surface area (Å²) in [5.74, 6) is -1.15. The molecule has 2 aromatic rings. The fourth-order valence-corrected chi connectivity index (χ4v) is 3.01. The van der Waals surface area contributed by atoms with Crippen molar-refractivity contribution >= 4 is 34.6 Å². The molecule has 0 saturated carbocycles. The minimum atomic E-state index is -0.579. The molecule has 1 heterocycles. The number of nitrogens with zero attached hydrogens (tertiary/aromatic N) is 2. The zero-order chi connectivity index (χ0) is 18.5. The summed E-state index contributed by atoms with van der Waals surface area (Å²) in [4.78, 5) is 16.7. The molecule has 3 rings (SSSR count). The molecule has 0 radical (unpaired) electrons. The van der Waals surface area contributed by atoms with Crippen molar-refractivity contribution in [3.63, 3.8) is 0 Å². The minimum Gasteiger partial charge on any atom is -0.369 e. The number of anilines is 2. The van der Waals surface area contributed by atoms with Gasteiger partial charge in [-0.1, -0.05) is 12.1 Å². The molecule has 1 saturated heterocycles. The highest BCUT2D eigenvalue weighted by Gasteiger charge is 2.15. The van der Waals surface area contributed by atoms with Crippen molar-refractivity contribution in [2.75, 3.05) is 43.4 Å². The van der Waals surface area contributed by atoms with E-state index in [4.69, 9.17) is 12.2 Å². The molecule has 1 amide bonds. The van der Waals surface area contributed by atoms with Gasteiger partial charge in [-0.3, -0.25) is 10.1 Å². The van der Waals surface area contributed by atoms with Gasteiger partial charge >= 0.3 is 0 Å². The van der Waals surface area contributed by atoms with Crippen LogP contribution in [0.2, 0.25) is 0 Å². The number of nitrogens with one attached hydrogen (secondary N) is 2. The van der Waals surface area contributed by atoms with E-state index in [0.29, 0.717) is 0 Å². The third-order valence-corrected chi connectivity index (χ3v) is 4.54. The van der Waals surface area contributed by atoms with Gasteiger partial charge in [-0.25, -0.2) is 4.39 Å². The molecule has 0 bridgehead atoms. The molecule has 7 heteroatoms. The van der Waals surface area contributed by atoms with Gasteiger partial charge in [0.15, 0.2) is 5.11 Å². The van der Waals surface area contributed by atoms with Gasteiger partial charge in [-0.15, -0.1) is 0 Å². The van der Waals surface area contributed by atoms with Gasteiger partial charge in [-0.2, -0.15) is 0 Å². The number of carbonyl (C=O) groups excluding carboxylic acids is 1. The number of thiocarbonyl (C=S) groups is 1. The molecule has 26 heavy (non-hydrogen) atoms. The van der Waals surface area contributed by atoms with Crippen LogP contribution < -0.4 is 15.5 Å². The number of benzene rings is 2. The summed E-state index contributed by atoms with van der Waals surface area (Å²) in [5, 5.41) is 5.57. The number of hydrogen-bond donors (Lipinski definition) is 2. The van der Waals surface area contributed by atoms with Crippen LogP contribution in [0.4, 0.5) is 15.8 Å². The first-order valence-electron chi connectivity index (χ1n) is 8.43. The Morgan fingerprint density at radius 3 is 2.35 bits per heavy atom. The minimum absolute atomic E-state index is 0.0398. The van der Waals surface area contributed by atoms with Crippen LogP contribution in [0, 0.1) is 5.82 Å². The van der Waals surface area contributed by atoms with Gasteiger partial charge in [0.05, 0.1) is 5.56 Å². The highest BCUT2D eigenvalue weighted by molar-refractivity contribution is 7.80. The van der Waals surface area contributed by atoms with Crippen LogP contribution in [-0.2, 0) is 0 Å². The first kappa shape index (κ1) is 18.3. The SMILES string of the molecule is CN1CCN(c2ccc(NC(=S)NC(=O)c3ccccc3F)cc2)CC1. The molecule has 0 atom stereocenters. The van der Waals surface area contributed by atoms with E-state index < -0.39 is 11.7 Å². The second-order valence-electron chi connectivity index (χ2n) is 6.23. The Kier molecular flexibility index (Phi) is 5.80. The highest BCUT2D eigenvalue weighted by atomic mass is 32.1. The molecule has 1 fully saturated rings. The van der Waals surface area contributed by atoms with Crippen molar-refractivity contribution < 1.29 is 9.18 Å². The normalized spacial score (nSPS) is 14.8. The van der Waals surface area contributed by atoms with Crippen LogP contribution in [0.3, 0.4) is 0 Å². The van der Waals surface area contributed by atoms with E-state index in [0.717, 1.165) is 37.6 Å². The van der Waals surface area contributed by atoms with E-state index >= 15 is 0 Å². The number of likely N-dealkylation sites (N-methyl/N-ethyl adjacent to an activating group) is 1. The average Bonchev–Trinajstić information content (AvgIpc) is 2.63. The zero-order valence-corrected chi connectivity index (χ0v) is 15.4. The van der Waals surface area contributed by atoms with E-state index in [9.17, 15) is 9.18 Å². The van der Waals surface area contributed by atoms with Crippen LogP contribution >= 0.6 is 12.2 Å². The molecular weight excluding hydrogens is 351 g/mol. The Bertz CT molecular complexity index is 788. The Hall–Kier alpha value is -2.51. The monoisotopic (exact) mass is 372 g/mol. The summed E-state index contributed by atoms with van der Waals surface area (Å²) in [5.41, 5.74) is 1.88. The van der Waals surface area contributed by atoms with Crippen LogP contribution in [0.5, 0.6) is 0 Å². The van der Waals surface area contributed by atoms with Crippen LogP contribution in [0.25, 0.3) is 0 Å². The molecule has 1 aliphatic rings.